The smallest absolute Gasteiger partial charge is 0.339 e. The lowest BCUT2D eigenvalue weighted by atomic mass is 10.1. The molecule has 0 atom stereocenters. The molecule has 1 aliphatic rings. The van der Waals surface area contributed by atoms with E-state index in [0.717, 1.165) is 0 Å². The van der Waals surface area contributed by atoms with Crippen molar-refractivity contribution in [3.63, 3.8) is 0 Å². The number of aromatic carboxylic acids is 1. The molecular formula is C13H15N3O5. The van der Waals surface area contributed by atoms with Gasteiger partial charge >= 0.3 is 5.97 Å². The Bertz CT molecular complexity index is 587. The molecule has 8 heteroatoms. The maximum atomic E-state index is 12.1. The van der Waals surface area contributed by atoms with Crippen LogP contribution in [0.4, 0.5) is 5.69 Å². The summed E-state index contributed by atoms with van der Waals surface area (Å²) in [7, 11) is 0. The summed E-state index contributed by atoms with van der Waals surface area (Å²) in [5.41, 5.74) is 5.52. The molecule has 2 rings (SSSR count). The van der Waals surface area contributed by atoms with E-state index in [1.165, 1.54) is 17.0 Å². The molecule has 4 N–H and O–H groups in total. The van der Waals surface area contributed by atoms with Crippen molar-refractivity contribution >= 4 is 23.5 Å². The Hall–Kier alpha value is -2.61. The predicted octanol–water partition coefficient (Wildman–Crippen LogP) is -0.815. The van der Waals surface area contributed by atoms with Gasteiger partial charge in [0.05, 0.1) is 25.3 Å². The summed E-state index contributed by atoms with van der Waals surface area (Å²) in [4.78, 5) is 35.7. The van der Waals surface area contributed by atoms with Gasteiger partial charge in [-0.25, -0.2) is 4.79 Å². The number of hydrogen-bond donors (Lipinski definition) is 3. The lowest BCUT2D eigenvalue weighted by Crippen LogP contribution is -2.45. The third-order valence-corrected chi connectivity index (χ3v) is 3.00. The Balaban J connectivity index is 2.22. The molecule has 21 heavy (non-hydrogen) atoms. The van der Waals surface area contributed by atoms with Gasteiger partial charge in [0, 0.05) is 0 Å². The number of nitrogens with one attached hydrogen (secondary N) is 1. The second-order valence-electron chi connectivity index (χ2n) is 4.33. The first-order valence-electron chi connectivity index (χ1n) is 6.31. The lowest BCUT2D eigenvalue weighted by molar-refractivity contribution is -0.124. The Labute approximate surface area is 120 Å². The predicted molar refractivity (Wildman–Crippen MR) is 73.3 cm³/mol. The molecule has 0 saturated heterocycles. The average Bonchev–Trinajstić information content (AvgIpc) is 2.50. The molecule has 8 nitrogen and oxygen atoms in total. The van der Waals surface area contributed by atoms with Crippen molar-refractivity contribution in [2.75, 3.05) is 31.1 Å². The lowest BCUT2D eigenvalue weighted by Gasteiger charge is -2.30. The molecule has 1 aromatic carbocycles. The van der Waals surface area contributed by atoms with Crippen LogP contribution in [0.5, 0.6) is 5.75 Å². The highest BCUT2D eigenvalue weighted by Crippen LogP contribution is 2.34. The van der Waals surface area contributed by atoms with Crippen LogP contribution < -0.4 is 20.7 Å². The molecule has 1 heterocycles. The molecular weight excluding hydrogens is 278 g/mol. The molecule has 112 valence electrons. The number of nitrogens with zero attached hydrogens (tertiary/aromatic N) is 1. The number of carboxylic acid groups (broad SMARTS) is 1. The van der Waals surface area contributed by atoms with Gasteiger partial charge in [-0.1, -0.05) is 6.07 Å². The SMILES string of the molecule is NCC(=O)NCC(=O)N1CCOc2c(C(=O)O)cccc21. The third kappa shape index (κ3) is 3.11. The number of benzene rings is 1. The molecule has 0 spiro atoms. The van der Waals surface area contributed by atoms with Crippen molar-refractivity contribution < 1.29 is 24.2 Å². The topological polar surface area (TPSA) is 122 Å². The van der Waals surface area contributed by atoms with E-state index in [-0.39, 0.29) is 43.5 Å². The fourth-order valence-electron chi connectivity index (χ4n) is 2.02. The Morgan fingerprint density at radius 3 is 2.81 bits per heavy atom. The number of anilines is 1. The first-order valence-corrected chi connectivity index (χ1v) is 6.31. The van der Waals surface area contributed by atoms with E-state index in [2.05, 4.69) is 5.32 Å². The first kappa shape index (κ1) is 14.8. The zero-order valence-electron chi connectivity index (χ0n) is 11.2. The Morgan fingerprint density at radius 2 is 2.14 bits per heavy atom. The van der Waals surface area contributed by atoms with Crippen LogP contribution in [-0.2, 0) is 9.59 Å². The van der Waals surface area contributed by atoms with Crippen molar-refractivity contribution in [2.45, 2.75) is 0 Å². The number of carboxylic acids is 1. The first-order chi connectivity index (χ1) is 10.0. The number of carbonyl (C=O) groups is 3. The number of carbonyl (C=O) groups excluding carboxylic acids is 2. The minimum absolute atomic E-state index is 0.00371. The van der Waals surface area contributed by atoms with E-state index in [9.17, 15) is 14.4 Å². The van der Waals surface area contributed by atoms with E-state index in [1.54, 1.807) is 6.07 Å². The summed E-state index contributed by atoms with van der Waals surface area (Å²) in [5.74, 6) is -1.76. The molecule has 0 aromatic heterocycles. The van der Waals surface area contributed by atoms with Crippen molar-refractivity contribution in [2.24, 2.45) is 5.73 Å². The molecule has 0 aliphatic carbocycles. The zero-order valence-corrected chi connectivity index (χ0v) is 11.2. The van der Waals surface area contributed by atoms with Gasteiger partial charge in [0.15, 0.2) is 5.75 Å². The van der Waals surface area contributed by atoms with Crippen molar-refractivity contribution in [1.82, 2.24) is 5.32 Å². The minimum Gasteiger partial charge on any atom is -0.489 e. The number of nitrogens with two attached hydrogens (primary N) is 1. The Morgan fingerprint density at radius 1 is 1.38 bits per heavy atom. The second-order valence-corrected chi connectivity index (χ2v) is 4.33. The number of fused-ring (bicyclic) bond motifs is 1. The largest absolute Gasteiger partial charge is 0.489 e. The van der Waals surface area contributed by atoms with Gasteiger partial charge in [0.25, 0.3) is 0 Å². The van der Waals surface area contributed by atoms with Gasteiger partial charge in [-0.3, -0.25) is 9.59 Å². The molecule has 0 saturated carbocycles. The summed E-state index contributed by atoms with van der Waals surface area (Å²) in [5, 5.41) is 11.5. The number of para-hydroxylation sites is 1. The summed E-state index contributed by atoms with van der Waals surface area (Å²) in [6.45, 7) is 0.0736. The van der Waals surface area contributed by atoms with Gasteiger partial charge in [0.1, 0.15) is 12.2 Å². The number of amides is 2. The van der Waals surface area contributed by atoms with E-state index in [0.29, 0.717) is 5.69 Å². The minimum atomic E-state index is -1.13. The summed E-state index contributed by atoms with van der Waals surface area (Å²) >= 11 is 0. The van der Waals surface area contributed by atoms with Crippen LogP contribution >= 0.6 is 0 Å². The van der Waals surface area contributed by atoms with E-state index in [4.69, 9.17) is 15.6 Å². The molecule has 1 aromatic rings. The molecule has 1 aliphatic heterocycles. The average molecular weight is 293 g/mol. The fourth-order valence-corrected chi connectivity index (χ4v) is 2.02. The van der Waals surface area contributed by atoms with E-state index < -0.39 is 11.9 Å². The monoisotopic (exact) mass is 293 g/mol. The number of ether oxygens (including phenoxy) is 1. The standard InChI is InChI=1S/C13H15N3O5/c14-6-10(17)15-7-11(18)16-4-5-21-12-8(13(19)20)2-1-3-9(12)16/h1-3H,4-7,14H2,(H,15,17)(H,19,20). The van der Waals surface area contributed by atoms with Crippen LogP contribution in [0, 0.1) is 0 Å². The van der Waals surface area contributed by atoms with Gasteiger partial charge in [-0.05, 0) is 12.1 Å². The summed E-state index contributed by atoms with van der Waals surface area (Å²) in [6, 6.07) is 4.55. The van der Waals surface area contributed by atoms with Gasteiger partial charge in [-0.2, -0.15) is 0 Å². The fraction of sp³-hybridized carbons (Fsp3) is 0.308. The van der Waals surface area contributed by atoms with Gasteiger partial charge < -0.3 is 25.8 Å². The Kier molecular flexibility index (Phi) is 4.39. The quantitative estimate of drug-likeness (QED) is 0.667. The van der Waals surface area contributed by atoms with Gasteiger partial charge in [-0.15, -0.1) is 0 Å². The molecule has 2 amide bonds. The molecule has 0 bridgehead atoms. The number of hydrogen-bond acceptors (Lipinski definition) is 5. The normalized spacial score (nSPS) is 13.1. The summed E-state index contributed by atoms with van der Waals surface area (Å²) in [6.07, 6.45) is 0. The maximum Gasteiger partial charge on any atom is 0.339 e. The van der Waals surface area contributed by atoms with Crippen LogP contribution in [0.2, 0.25) is 0 Å². The van der Waals surface area contributed by atoms with E-state index in [1.807, 2.05) is 0 Å². The van der Waals surface area contributed by atoms with Crippen LogP contribution in [0.15, 0.2) is 18.2 Å². The molecule has 0 unspecified atom stereocenters. The van der Waals surface area contributed by atoms with Crippen molar-refractivity contribution in [3.05, 3.63) is 23.8 Å². The maximum absolute atomic E-state index is 12.1. The van der Waals surface area contributed by atoms with E-state index >= 15 is 0 Å². The van der Waals surface area contributed by atoms with Crippen LogP contribution in [0.25, 0.3) is 0 Å². The van der Waals surface area contributed by atoms with Crippen LogP contribution in [0.3, 0.4) is 0 Å². The van der Waals surface area contributed by atoms with Crippen molar-refractivity contribution in [1.29, 1.82) is 0 Å². The third-order valence-electron chi connectivity index (χ3n) is 3.00. The molecule has 0 radical (unpaired) electrons. The van der Waals surface area contributed by atoms with Crippen molar-refractivity contribution in [3.8, 4) is 5.75 Å². The highest BCUT2D eigenvalue weighted by atomic mass is 16.5. The van der Waals surface area contributed by atoms with Gasteiger partial charge in [0.2, 0.25) is 11.8 Å². The second kappa shape index (κ2) is 6.23. The zero-order chi connectivity index (χ0) is 15.4. The highest BCUT2D eigenvalue weighted by Gasteiger charge is 2.27. The number of rotatable bonds is 4. The summed E-state index contributed by atoms with van der Waals surface area (Å²) < 4.78 is 5.36. The molecule has 0 fully saturated rings. The van der Waals surface area contributed by atoms with Crippen LogP contribution in [0.1, 0.15) is 10.4 Å². The highest BCUT2D eigenvalue weighted by molar-refractivity contribution is 6.01. The van der Waals surface area contributed by atoms with Crippen LogP contribution in [-0.4, -0.2) is 49.1 Å².